The summed E-state index contributed by atoms with van der Waals surface area (Å²) in [4.78, 5) is 4.70. The SMILES string of the molecule is Cc1cc(C)c(S(=O)(=O)N2CCC[C@@H]2c2nc(-c3cccc(F)c3)no2)c(C)c1. The summed E-state index contributed by atoms with van der Waals surface area (Å²) in [6, 6.07) is 9.11. The zero-order valence-corrected chi connectivity index (χ0v) is 17.3. The van der Waals surface area contributed by atoms with Gasteiger partial charge in [-0.1, -0.05) is 35.0 Å². The molecular formula is C21H22FN3O3S. The smallest absolute Gasteiger partial charge is 0.245 e. The minimum atomic E-state index is -3.73. The first-order valence-corrected chi connectivity index (χ1v) is 10.9. The predicted molar refractivity (Wildman–Crippen MR) is 106 cm³/mol. The van der Waals surface area contributed by atoms with Gasteiger partial charge in [0, 0.05) is 12.1 Å². The molecule has 0 radical (unpaired) electrons. The van der Waals surface area contributed by atoms with Crippen LogP contribution in [0.4, 0.5) is 4.39 Å². The molecule has 1 atom stereocenters. The van der Waals surface area contributed by atoms with E-state index in [9.17, 15) is 12.8 Å². The third-order valence-electron chi connectivity index (χ3n) is 5.18. The second kappa shape index (κ2) is 7.35. The van der Waals surface area contributed by atoms with Gasteiger partial charge in [-0.15, -0.1) is 0 Å². The van der Waals surface area contributed by atoms with E-state index in [1.165, 1.54) is 16.4 Å². The first-order chi connectivity index (χ1) is 13.8. The second-order valence-corrected chi connectivity index (χ2v) is 9.30. The quantitative estimate of drug-likeness (QED) is 0.634. The number of rotatable bonds is 4. The van der Waals surface area contributed by atoms with Crippen molar-refractivity contribution in [3.8, 4) is 11.4 Å². The van der Waals surface area contributed by atoms with Crippen molar-refractivity contribution < 1.29 is 17.3 Å². The highest BCUT2D eigenvalue weighted by atomic mass is 32.2. The molecule has 3 aromatic rings. The Hall–Kier alpha value is -2.58. The molecule has 0 spiro atoms. The van der Waals surface area contributed by atoms with E-state index in [4.69, 9.17) is 4.52 Å². The molecule has 1 fully saturated rings. The fourth-order valence-electron chi connectivity index (χ4n) is 4.08. The van der Waals surface area contributed by atoms with E-state index in [1.54, 1.807) is 12.1 Å². The largest absolute Gasteiger partial charge is 0.337 e. The lowest BCUT2D eigenvalue weighted by Gasteiger charge is -2.23. The van der Waals surface area contributed by atoms with Crippen LogP contribution in [-0.2, 0) is 10.0 Å². The van der Waals surface area contributed by atoms with Gasteiger partial charge in [-0.05, 0) is 56.9 Å². The highest BCUT2D eigenvalue weighted by Gasteiger charge is 2.40. The van der Waals surface area contributed by atoms with Crippen molar-refractivity contribution in [3.63, 3.8) is 0 Å². The van der Waals surface area contributed by atoms with Gasteiger partial charge in [-0.3, -0.25) is 0 Å². The maximum Gasteiger partial charge on any atom is 0.245 e. The highest BCUT2D eigenvalue weighted by molar-refractivity contribution is 7.89. The van der Waals surface area contributed by atoms with Gasteiger partial charge in [-0.25, -0.2) is 12.8 Å². The van der Waals surface area contributed by atoms with Gasteiger partial charge in [0.05, 0.1) is 4.90 Å². The molecular weight excluding hydrogens is 393 g/mol. The first kappa shape index (κ1) is 19.7. The van der Waals surface area contributed by atoms with Gasteiger partial charge in [0.1, 0.15) is 11.9 Å². The maximum absolute atomic E-state index is 13.5. The standard InChI is InChI=1S/C21H22FN3O3S/c1-13-10-14(2)19(15(3)11-13)29(26,27)25-9-5-8-18(25)21-23-20(24-28-21)16-6-4-7-17(22)12-16/h4,6-7,10-12,18H,5,8-9H2,1-3H3/t18-/m1/s1. The van der Waals surface area contributed by atoms with Gasteiger partial charge < -0.3 is 4.52 Å². The number of sulfonamides is 1. The molecule has 0 aliphatic carbocycles. The number of benzene rings is 2. The number of aromatic nitrogens is 2. The van der Waals surface area contributed by atoms with E-state index >= 15 is 0 Å². The van der Waals surface area contributed by atoms with Gasteiger partial charge in [0.15, 0.2) is 0 Å². The molecule has 8 heteroatoms. The van der Waals surface area contributed by atoms with Gasteiger partial charge in [0.25, 0.3) is 0 Å². The summed E-state index contributed by atoms with van der Waals surface area (Å²) < 4.78 is 47.3. The third kappa shape index (κ3) is 3.58. The van der Waals surface area contributed by atoms with Crippen LogP contribution in [0, 0.1) is 26.6 Å². The van der Waals surface area contributed by atoms with E-state index < -0.39 is 21.9 Å². The lowest BCUT2D eigenvalue weighted by molar-refractivity contribution is 0.290. The van der Waals surface area contributed by atoms with Crippen molar-refractivity contribution in [3.05, 3.63) is 64.8 Å². The van der Waals surface area contributed by atoms with Crippen LogP contribution in [-0.4, -0.2) is 29.4 Å². The molecule has 1 saturated heterocycles. The predicted octanol–water partition coefficient (Wildman–Crippen LogP) is 4.33. The van der Waals surface area contributed by atoms with Crippen molar-refractivity contribution >= 4 is 10.0 Å². The molecule has 152 valence electrons. The van der Waals surface area contributed by atoms with Gasteiger partial charge in [-0.2, -0.15) is 9.29 Å². The number of halogens is 1. The molecule has 0 bridgehead atoms. The zero-order chi connectivity index (χ0) is 20.8. The molecule has 0 saturated carbocycles. The topological polar surface area (TPSA) is 76.3 Å². The summed E-state index contributed by atoms with van der Waals surface area (Å²) in [5, 5.41) is 3.93. The van der Waals surface area contributed by atoms with Crippen LogP contribution in [0.15, 0.2) is 45.8 Å². The van der Waals surface area contributed by atoms with Crippen molar-refractivity contribution in [2.24, 2.45) is 0 Å². The molecule has 2 heterocycles. The lowest BCUT2D eigenvalue weighted by atomic mass is 10.1. The Labute approximate surface area is 169 Å². The first-order valence-electron chi connectivity index (χ1n) is 9.46. The molecule has 0 unspecified atom stereocenters. The van der Waals surface area contributed by atoms with Crippen LogP contribution in [0.2, 0.25) is 0 Å². The van der Waals surface area contributed by atoms with E-state index in [-0.39, 0.29) is 11.7 Å². The van der Waals surface area contributed by atoms with Crippen LogP contribution < -0.4 is 0 Å². The summed E-state index contributed by atoms with van der Waals surface area (Å²) in [5.41, 5.74) is 2.95. The maximum atomic E-state index is 13.5. The van der Waals surface area contributed by atoms with Crippen molar-refractivity contribution in [2.75, 3.05) is 6.54 Å². The summed E-state index contributed by atoms with van der Waals surface area (Å²) >= 11 is 0. The Morgan fingerprint density at radius 2 is 1.86 bits per heavy atom. The van der Waals surface area contributed by atoms with Crippen LogP contribution in [0.1, 0.15) is 41.5 Å². The van der Waals surface area contributed by atoms with Crippen molar-refractivity contribution in [2.45, 2.75) is 44.6 Å². The normalized spacial score (nSPS) is 17.7. The molecule has 1 aliphatic heterocycles. The lowest BCUT2D eigenvalue weighted by Crippen LogP contribution is -2.32. The molecule has 4 rings (SSSR count). The van der Waals surface area contributed by atoms with Crippen LogP contribution in [0.3, 0.4) is 0 Å². The van der Waals surface area contributed by atoms with E-state index in [2.05, 4.69) is 10.1 Å². The number of nitrogens with zero attached hydrogens (tertiary/aromatic N) is 3. The highest BCUT2D eigenvalue weighted by Crippen LogP contribution is 2.38. The van der Waals surface area contributed by atoms with Crippen LogP contribution in [0.5, 0.6) is 0 Å². The second-order valence-electron chi connectivity index (χ2n) is 7.47. The Morgan fingerprint density at radius 1 is 1.14 bits per heavy atom. The van der Waals surface area contributed by atoms with Gasteiger partial charge in [0.2, 0.25) is 21.7 Å². The monoisotopic (exact) mass is 415 g/mol. The fraction of sp³-hybridized carbons (Fsp3) is 0.333. The van der Waals surface area contributed by atoms with Crippen molar-refractivity contribution in [1.29, 1.82) is 0 Å². The minimum Gasteiger partial charge on any atom is -0.337 e. The Morgan fingerprint density at radius 3 is 2.55 bits per heavy atom. The minimum absolute atomic E-state index is 0.229. The third-order valence-corrected chi connectivity index (χ3v) is 7.40. The van der Waals surface area contributed by atoms with E-state index in [0.29, 0.717) is 29.8 Å². The summed E-state index contributed by atoms with van der Waals surface area (Å²) in [7, 11) is -3.73. The molecule has 1 aromatic heterocycles. The van der Waals surface area contributed by atoms with E-state index in [0.717, 1.165) is 16.7 Å². The molecule has 2 aromatic carbocycles. The van der Waals surface area contributed by atoms with E-state index in [1.807, 2.05) is 32.9 Å². The number of hydrogen-bond acceptors (Lipinski definition) is 5. The zero-order valence-electron chi connectivity index (χ0n) is 16.5. The van der Waals surface area contributed by atoms with Crippen LogP contribution in [0.25, 0.3) is 11.4 Å². The Balaban J connectivity index is 1.70. The molecule has 0 N–H and O–H groups in total. The average molecular weight is 415 g/mol. The van der Waals surface area contributed by atoms with Gasteiger partial charge >= 0.3 is 0 Å². The summed E-state index contributed by atoms with van der Waals surface area (Å²) in [6.07, 6.45) is 1.29. The number of aryl methyl sites for hydroxylation is 3. The number of hydrogen-bond donors (Lipinski definition) is 0. The molecule has 0 amide bonds. The summed E-state index contributed by atoms with van der Waals surface area (Å²) in [6.45, 7) is 5.96. The van der Waals surface area contributed by atoms with Crippen molar-refractivity contribution in [1.82, 2.24) is 14.4 Å². The average Bonchev–Trinajstić information content (AvgIpc) is 3.30. The van der Waals surface area contributed by atoms with Crippen LogP contribution >= 0.6 is 0 Å². The Bertz CT molecular complexity index is 1150. The Kier molecular flexibility index (Phi) is 5.00. The fourth-order valence-corrected chi connectivity index (χ4v) is 6.15. The molecule has 1 aliphatic rings. The summed E-state index contributed by atoms with van der Waals surface area (Å²) in [5.74, 6) is 0.0726. The molecule has 6 nitrogen and oxygen atoms in total. The molecule has 29 heavy (non-hydrogen) atoms.